The fraction of sp³-hybridized carbons (Fsp3) is 0.385. The van der Waals surface area contributed by atoms with Crippen LogP contribution in [0.1, 0.15) is 80.3 Å². The van der Waals surface area contributed by atoms with E-state index >= 15 is 0 Å². The lowest BCUT2D eigenvalue weighted by Gasteiger charge is -2.15. The van der Waals surface area contributed by atoms with Crippen molar-refractivity contribution in [1.29, 1.82) is 0 Å². The van der Waals surface area contributed by atoms with Crippen LogP contribution in [0.3, 0.4) is 0 Å². The maximum Gasteiger partial charge on any atom is 0.261 e. The predicted molar refractivity (Wildman–Crippen MR) is 123 cm³/mol. The molecule has 4 rings (SSSR count). The van der Waals surface area contributed by atoms with Crippen LogP contribution in [-0.2, 0) is 0 Å². The maximum atomic E-state index is 12.0. The Kier molecular flexibility index (Phi) is 6.63. The summed E-state index contributed by atoms with van der Waals surface area (Å²) in [4.78, 5) is 50.6. The fourth-order valence-electron chi connectivity index (χ4n) is 3.87. The van der Waals surface area contributed by atoms with Gasteiger partial charge in [0.2, 0.25) is 0 Å². The molecule has 0 N–H and O–H groups in total. The predicted octanol–water partition coefficient (Wildman–Crippen LogP) is 4.49. The number of fused-ring (bicyclic) bond motifs is 2. The molecule has 2 aliphatic rings. The van der Waals surface area contributed by atoms with E-state index in [0.29, 0.717) is 47.2 Å². The highest BCUT2D eigenvalue weighted by Gasteiger charge is 2.36. The highest BCUT2D eigenvalue weighted by Crippen LogP contribution is 2.25. The molecule has 0 atom stereocenters. The van der Waals surface area contributed by atoms with Gasteiger partial charge in [0.05, 0.1) is 22.3 Å². The summed E-state index contributed by atoms with van der Waals surface area (Å²) in [7, 11) is 0. The molecule has 0 fully saturated rings. The topological polar surface area (TPSA) is 74.8 Å². The Morgan fingerprint density at radius 1 is 0.562 bits per heavy atom. The molecule has 0 saturated carbocycles. The first-order valence-electron chi connectivity index (χ1n) is 10.9. The molecule has 2 aromatic carbocycles. The summed E-state index contributed by atoms with van der Waals surface area (Å²) in [5, 5.41) is 0. The van der Waals surface area contributed by atoms with Gasteiger partial charge in [-0.1, -0.05) is 51.0 Å². The first kappa shape index (κ1) is 23.4. The SMILES string of the molecule is Cc1ccc2c(c1)C(=O)N(CC(C)C)C2=O.Cc1ccc2c(c1)C(=O)N(CC(C)C)C2=O. The molecule has 2 heterocycles. The van der Waals surface area contributed by atoms with Gasteiger partial charge in [0.15, 0.2) is 0 Å². The molecule has 2 aliphatic heterocycles. The molecule has 0 radical (unpaired) electrons. The molecule has 4 amide bonds. The highest BCUT2D eigenvalue weighted by atomic mass is 16.2. The minimum absolute atomic E-state index is 0.155. The molecule has 0 unspecified atom stereocenters. The number of benzene rings is 2. The lowest BCUT2D eigenvalue weighted by Crippen LogP contribution is -2.33. The monoisotopic (exact) mass is 434 g/mol. The minimum Gasteiger partial charge on any atom is -0.274 e. The Hall–Kier alpha value is -3.28. The average molecular weight is 435 g/mol. The van der Waals surface area contributed by atoms with Gasteiger partial charge in [-0.2, -0.15) is 0 Å². The van der Waals surface area contributed by atoms with Crippen molar-refractivity contribution in [2.45, 2.75) is 41.5 Å². The van der Waals surface area contributed by atoms with Gasteiger partial charge in [-0.3, -0.25) is 29.0 Å². The second-order valence-corrected chi connectivity index (χ2v) is 9.33. The van der Waals surface area contributed by atoms with E-state index in [4.69, 9.17) is 0 Å². The number of carbonyl (C=O) groups excluding carboxylic acids is 4. The molecule has 0 saturated heterocycles. The van der Waals surface area contributed by atoms with Crippen LogP contribution >= 0.6 is 0 Å². The Morgan fingerprint density at radius 3 is 1.19 bits per heavy atom. The van der Waals surface area contributed by atoms with E-state index < -0.39 is 0 Å². The van der Waals surface area contributed by atoms with Crippen molar-refractivity contribution in [3.05, 3.63) is 69.8 Å². The first-order chi connectivity index (χ1) is 15.0. The molecule has 6 nitrogen and oxygen atoms in total. The van der Waals surface area contributed by atoms with Crippen molar-refractivity contribution in [2.75, 3.05) is 13.1 Å². The number of aryl methyl sites for hydroxylation is 2. The summed E-state index contributed by atoms with van der Waals surface area (Å²) in [6.07, 6.45) is 0. The third-order valence-electron chi connectivity index (χ3n) is 5.35. The Bertz CT molecular complexity index is 1010. The molecular formula is C26H30N2O4. The maximum absolute atomic E-state index is 12.0. The van der Waals surface area contributed by atoms with E-state index in [2.05, 4.69) is 0 Å². The van der Waals surface area contributed by atoms with E-state index in [1.54, 1.807) is 24.3 Å². The molecule has 6 heteroatoms. The zero-order valence-electron chi connectivity index (χ0n) is 19.6. The Morgan fingerprint density at radius 2 is 0.875 bits per heavy atom. The minimum atomic E-state index is -0.159. The van der Waals surface area contributed by atoms with Crippen molar-refractivity contribution in [2.24, 2.45) is 11.8 Å². The van der Waals surface area contributed by atoms with E-state index in [-0.39, 0.29) is 23.6 Å². The largest absolute Gasteiger partial charge is 0.274 e. The van der Waals surface area contributed by atoms with Gasteiger partial charge in [0.25, 0.3) is 23.6 Å². The van der Waals surface area contributed by atoms with Crippen LogP contribution in [0.15, 0.2) is 36.4 Å². The van der Waals surface area contributed by atoms with E-state index in [9.17, 15) is 19.2 Å². The molecule has 168 valence electrons. The van der Waals surface area contributed by atoms with Crippen molar-refractivity contribution in [3.63, 3.8) is 0 Å². The first-order valence-corrected chi connectivity index (χ1v) is 10.9. The number of imide groups is 2. The lowest BCUT2D eigenvalue weighted by molar-refractivity contribution is 0.0621. The number of rotatable bonds is 4. The molecular weight excluding hydrogens is 404 g/mol. The zero-order valence-corrected chi connectivity index (χ0v) is 19.6. The zero-order chi connectivity index (χ0) is 23.7. The summed E-state index contributed by atoms with van der Waals surface area (Å²) in [6.45, 7) is 12.8. The molecule has 0 spiro atoms. The van der Waals surface area contributed by atoms with E-state index in [1.807, 2.05) is 53.7 Å². The molecule has 32 heavy (non-hydrogen) atoms. The third-order valence-corrected chi connectivity index (χ3v) is 5.35. The van der Waals surface area contributed by atoms with Gasteiger partial charge >= 0.3 is 0 Å². The molecule has 2 aromatic rings. The fourth-order valence-corrected chi connectivity index (χ4v) is 3.87. The van der Waals surface area contributed by atoms with Crippen LogP contribution in [0.5, 0.6) is 0 Å². The smallest absolute Gasteiger partial charge is 0.261 e. The molecule has 0 bridgehead atoms. The Balaban J connectivity index is 0.000000181. The van der Waals surface area contributed by atoms with E-state index in [0.717, 1.165) is 11.1 Å². The van der Waals surface area contributed by atoms with Gasteiger partial charge in [-0.25, -0.2) is 0 Å². The number of nitrogens with zero attached hydrogens (tertiary/aromatic N) is 2. The third kappa shape index (κ3) is 4.49. The van der Waals surface area contributed by atoms with Gasteiger partial charge in [-0.15, -0.1) is 0 Å². The number of hydrogen-bond acceptors (Lipinski definition) is 4. The summed E-state index contributed by atoms with van der Waals surface area (Å²) < 4.78 is 0. The second kappa shape index (κ2) is 9.07. The van der Waals surface area contributed by atoms with Crippen LogP contribution in [0.4, 0.5) is 0 Å². The van der Waals surface area contributed by atoms with Crippen LogP contribution in [0, 0.1) is 25.7 Å². The standard InChI is InChI=1S/2C13H15NO2/c2*1-8(2)7-14-12(15)10-5-4-9(3)6-11(10)13(14)16/h2*4-6,8H,7H2,1-3H3. The number of amides is 4. The molecule has 0 aromatic heterocycles. The average Bonchev–Trinajstić information content (AvgIpc) is 3.08. The van der Waals surface area contributed by atoms with Gasteiger partial charge < -0.3 is 0 Å². The Labute approximate surface area is 189 Å². The van der Waals surface area contributed by atoms with Gasteiger partial charge in [-0.05, 0) is 49.9 Å². The van der Waals surface area contributed by atoms with Gasteiger partial charge in [0.1, 0.15) is 0 Å². The van der Waals surface area contributed by atoms with Crippen LogP contribution in [-0.4, -0.2) is 46.5 Å². The van der Waals surface area contributed by atoms with Crippen molar-refractivity contribution >= 4 is 23.6 Å². The quantitative estimate of drug-likeness (QED) is 0.665. The summed E-state index contributed by atoms with van der Waals surface area (Å²) in [6, 6.07) is 10.8. The summed E-state index contributed by atoms with van der Waals surface area (Å²) >= 11 is 0. The van der Waals surface area contributed by atoms with E-state index in [1.165, 1.54) is 9.80 Å². The second-order valence-electron chi connectivity index (χ2n) is 9.33. The number of hydrogen-bond donors (Lipinski definition) is 0. The van der Waals surface area contributed by atoms with Crippen LogP contribution in [0.25, 0.3) is 0 Å². The van der Waals surface area contributed by atoms with Gasteiger partial charge in [0, 0.05) is 13.1 Å². The van der Waals surface area contributed by atoms with Crippen molar-refractivity contribution in [3.8, 4) is 0 Å². The van der Waals surface area contributed by atoms with Crippen molar-refractivity contribution in [1.82, 2.24) is 9.80 Å². The highest BCUT2D eigenvalue weighted by molar-refractivity contribution is 6.22. The van der Waals surface area contributed by atoms with Crippen molar-refractivity contribution < 1.29 is 19.2 Å². The summed E-state index contributed by atoms with van der Waals surface area (Å²) in [5.74, 6) is -0.0381. The normalized spacial score (nSPS) is 14.9. The van der Waals surface area contributed by atoms with Crippen LogP contribution < -0.4 is 0 Å². The van der Waals surface area contributed by atoms with Crippen LogP contribution in [0.2, 0.25) is 0 Å². The lowest BCUT2D eigenvalue weighted by atomic mass is 10.1. The number of carbonyl (C=O) groups is 4. The summed E-state index contributed by atoms with van der Waals surface area (Å²) in [5.41, 5.74) is 4.18. The molecule has 0 aliphatic carbocycles.